The van der Waals surface area contributed by atoms with Gasteiger partial charge >= 0.3 is 11.4 Å². The minimum atomic E-state index is -0.0972. The van der Waals surface area contributed by atoms with Gasteiger partial charge < -0.3 is 0 Å². The molecule has 3 heterocycles. The van der Waals surface area contributed by atoms with Crippen LogP contribution in [0.1, 0.15) is 44.2 Å². The maximum absolute atomic E-state index is 13.4. The molecule has 2 spiro atoms. The van der Waals surface area contributed by atoms with E-state index in [2.05, 4.69) is 0 Å². The van der Waals surface area contributed by atoms with Crippen molar-refractivity contribution in [1.29, 1.82) is 0 Å². The van der Waals surface area contributed by atoms with Gasteiger partial charge in [0.15, 0.2) is 0 Å². The van der Waals surface area contributed by atoms with Crippen LogP contribution >= 0.6 is 0 Å². The maximum atomic E-state index is 13.4. The molecule has 26 heavy (non-hydrogen) atoms. The Balaban J connectivity index is 1.45. The molecule has 0 amide bonds. The molecule has 5 heteroatoms. The second kappa shape index (κ2) is 3.54. The molecule has 2 aliphatic heterocycles. The topological polar surface area (TPSA) is 48.9 Å². The van der Waals surface area contributed by atoms with Crippen molar-refractivity contribution < 1.29 is 0 Å². The van der Waals surface area contributed by atoms with Gasteiger partial charge in [0.1, 0.15) is 0 Å². The highest BCUT2D eigenvalue weighted by molar-refractivity contribution is 5.49. The Bertz CT molecular complexity index is 1060. The lowest BCUT2D eigenvalue weighted by Crippen LogP contribution is -2.52. The zero-order valence-electron chi connectivity index (χ0n) is 14.5. The number of hydrogen-bond donors (Lipinski definition) is 0. The van der Waals surface area contributed by atoms with Crippen LogP contribution in [0.25, 0.3) is 5.69 Å². The normalized spacial score (nSPS) is 50.2. The maximum Gasteiger partial charge on any atom is 0.352 e. The second-order valence-electron chi connectivity index (χ2n) is 9.67. The smallest absolute Gasteiger partial charge is 0.245 e. The van der Waals surface area contributed by atoms with Crippen LogP contribution in [0.3, 0.4) is 0 Å². The highest BCUT2D eigenvalue weighted by Gasteiger charge is 3.02. The van der Waals surface area contributed by atoms with Crippen molar-refractivity contribution in [2.75, 3.05) is 0 Å². The summed E-state index contributed by atoms with van der Waals surface area (Å²) < 4.78 is 5.31. The van der Waals surface area contributed by atoms with Crippen molar-refractivity contribution in [2.24, 2.45) is 34.5 Å². The number of rotatable bonds is 1. The van der Waals surface area contributed by atoms with E-state index >= 15 is 0 Å². The van der Waals surface area contributed by atoms with Gasteiger partial charge in [-0.3, -0.25) is 0 Å². The molecule has 7 aliphatic rings. The standard InChI is InChI=1S/C21H21N3O2/c25-18-22(11-7-3-1-4-8-11)19(26)24-17-14-12-13(14)16(23(18)24)20-9-5-2-6-10-21(17,20)15(12)20/h1,3-4,7-8,12-17H,2,5-6,9-10H2/t12?,13-,14+,15?,16+,17-,20+,21-. The Labute approximate surface area is 150 Å². The fourth-order valence-electron chi connectivity index (χ4n) is 9.27. The second-order valence-corrected chi connectivity index (χ2v) is 9.67. The van der Waals surface area contributed by atoms with Crippen LogP contribution < -0.4 is 11.4 Å². The fraction of sp³-hybridized carbons (Fsp3) is 0.619. The first-order chi connectivity index (χ1) is 12.7. The molecule has 1 aromatic heterocycles. The zero-order valence-corrected chi connectivity index (χ0v) is 14.5. The molecular formula is C21H21N3O2. The van der Waals surface area contributed by atoms with E-state index in [-0.39, 0.29) is 11.4 Å². The molecule has 2 unspecified atom stereocenters. The van der Waals surface area contributed by atoms with Crippen LogP contribution in [0.5, 0.6) is 0 Å². The van der Waals surface area contributed by atoms with Crippen LogP contribution in [0.4, 0.5) is 0 Å². The molecule has 2 aromatic rings. The van der Waals surface area contributed by atoms with E-state index in [0.29, 0.717) is 40.4 Å². The summed E-state index contributed by atoms with van der Waals surface area (Å²) in [5.74, 6) is 3.01. The Morgan fingerprint density at radius 1 is 0.769 bits per heavy atom. The molecule has 5 aliphatic carbocycles. The third-order valence-electron chi connectivity index (χ3n) is 9.48. The van der Waals surface area contributed by atoms with Crippen LogP contribution in [-0.2, 0) is 0 Å². The average molecular weight is 347 g/mol. The van der Waals surface area contributed by atoms with E-state index in [0.717, 1.165) is 11.8 Å². The van der Waals surface area contributed by atoms with E-state index in [1.807, 2.05) is 39.7 Å². The van der Waals surface area contributed by atoms with Crippen molar-refractivity contribution in [3.8, 4) is 5.69 Å². The molecule has 0 N–H and O–H groups in total. The Morgan fingerprint density at radius 2 is 1.35 bits per heavy atom. The molecule has 1 aromatic carbocycles. The van der Waals surface area contributed by atoms with Gasteiger partial charge in [0.25, 0.3) is 0 Å². The summed E-state index contributed by atoms with van der Waals surface area (Å²) >= 11 is 0. The fourth-order valence-corrected chi connectivity index (χ4v) is 9.27. The SMILES string of the molecule is O=c1n(-c2ccccc2)c(=O)n2n1[C@H]1[C@@H]3C4C5[C@@]16CCCCC[C@]56[C@H]2[C@@H]43. The quantitative estimate of drug-likeness (QED) is 0.795. The summed E-state index contributed by atoms with van der Waals surface area (Å²) in [4.78, 5) is 26.8. The van der Waals surface area contributed by atoms with Gasteiger partial charge in [-0.15, -0.1) is 0 Å². The highest BCUT2D eigenvalue weighted by Crippen LogP contribution is 3.04. The average Bonchev–Trinajstić information content (AvgIpc) is 3.42. The van der Waals surface area contributed by atoms with Gasteiger partial charge in [-0.1, -0.05) is 37.5 Å². The van der Waals surface area contributed by atoms with Crippen molar-refractivity contribution in [2.45, 2.75) is 44.2 Å². The lowest BCUT2D eigenvalue weighted by atomic mass is 9.69. The van der Waals surface area contributed by atoms with Gasteiger partial charge in [-0.2, -0.15) is 0 Å². The van der Waals surface area contributed by atoms with E-state index in [9.17, 15) is 9.59 Å². The molecule has 9 rings (SSSR count). The highest BCUT2D eigenvalue weighted by atomic mass is 16.2. The van der Waals surface area contributed by atoms with Gasteiger partial charge in [-0.05, 0) is 48.6 Å². The van der Waals surface area contributed by atoms with Crippen LogP contribution in [-0.4, -0.2) is 13.9 Å². The van der Waals surface area contributed by atoms with E-state index in [4.69, 9.17) is 0 Å². The third-order valence-corrected chi connectivity index (χ3v) is 9.48. The molecule has 5 saturated carbocycles. The molecule has 5 nitrogen and oxygen atoms in total. The summed E-state index contributed by atoms with van der Waals surface area (Å²) in [6, 6.07) is 10.1. The largest absolute Gasteiger partial charge is 0.352 e. The number of hydrogen-bond acceptors (Lipinski definition) is 2. The Kier molecular flexibility index (Phi) is 1.79. The van der Waals surface area contributed by atoms with Crippen molar-refractivity contribution in [3.63, 3.8) is 0 Å². The summed E-state index contributed by atoms with van der Waals surface area (Å²) in [5, 5.41) is 0. The summed E-state index contributed by atoms with van der Waals surface area (Å²) in [6.07, 6.45) is 6.52. The van der Waals surface area contributed by atoms with Gasteiger partial charge in [0, 0.05) is 10.8 Å². The predicted molar refractivity (Wildman–Crippen MR) is 94.3 cm³/mol. The molecule has 132 valence electrons. The molecule has 0 radical (unpaired) electrons. The zero-order chi connectivity index (χ0) is 17.0. The predicted octanol–water partition coefficient (Wildman–Crippen LogP) is 2.35. The summed E-state index contributed by atoms with van der Waals surface area (Å²) in [5.41, 5.74) is 1.23. The Morgan fingerprint density at radius 3 is 1.92 bits per heavy atom. The molecule has 2 bridgehead atoms. The lowest BCUT2D eigenvalue weighted by Gasteiger charge is -2.48. The number of para-hydroxylation sites is 1. The van der Waals surface area contributed by atoms with E-state index < -0.39 is 0 Å². The lowest BCUT2D eigenvalue weighted by molar-refractivity contribution is -0.00428. The van der Waals surface area contributed by atoms with E-state index in [1.165, 1.54) is 36.7 Å². The first-order valence-electron chi connectivity index (χ1n) is 10.3. The minimum absolute atomic E-state index is 0.0972. The van der Waals surface area contributed by atoms with Crippen molar-refractivity contribution >= 4 is 0 Å². The van der Waals surface area contributed by atoms with Crippen LogP contribution in [0.15, 0.2) is 39.9 Å². The van der Waals surface area contributed by atoms with Gasteiger partial charge in [0.05, 0.1) is 17.8 Å². The molecule has 5 fully saturated rings. The number of nitrogens with zero attached hydrogens (tertiary/aromatic N) is 3. The Hall–Kier alpha value is -2.04. The minimum Gasteiger partial charge on any atom is -0.245 e. The van der Waals surface area contributed by atoms with Crippen LogP contribution in [0, 0.1) is 34.5 Å². The first kappa shape index (κ1) is 13.2. The van der Waals surface area contributed by atoms with Crippen molar-refractivity contribution in [3.05, 3.63) is 51.3 Å². The van der Waals surface area contributed by atoms with Gasteiger partial charge in [0.2, 0.25) is 0 Å². The van der Waals surface area contributed by atoms with E-state index in [1.54, 1.807) is 0 Å². The molecule has 8 atom stereocenters. The third kappa shape index (κ3) is 0.946. The van der Waals surface area contributed by atoms with Crippen molar-refractivity contribution in [1.82, 2.24) is 13.9 Å². The number of aromatic nitrogens is 3. The monoisotopic (exact) mass is 347 g/mol. The molecular weight excluding hydrogens is 326 g/mol. The first-order valence-corrected chi connectivity index (χ1v) is 10.3. The summed E-state index contributed by atoms with van der Waals surface area (Å²) in [7, 11) is 0. The molecule has 0 saturated heterocycles. The van der Waals surface area contributed by atoms with Crippen LogP contribution in [0.2, 0.25) is 0 Å². The number of benzene rings is 1. The van der Waals surface area contributed by atoms with Gasteiger partial charge in [-0.25, -0.2) is 23.5 Å². The summed E-state index contributed by atoms with van der Waals surface area (Å²) in [6.45, 7) is 0.